The number of imidazole rings is 2. The van der Waals surface area contributed by atoms with E-state index in [1.54, 1.807) is 41.1 Å². The number of aliphatic hydroxyl groups excluding tert-OH is 1. The van der Waals surface area contributed by atoms with Gasteiger partial charge in [0.1, 0.15) is 71.4 Å². The minimum atomic E-state index is -3.21. The molecule has 100 heavy (non-hydrogen) atoms. The molecule has 4 aliphatic rings. The summed E-state index contributed by atoms with van der Waals surface area (Å²) in [6.45, 7) is 14.2. The van der Waals surface area contributed by atoms with Gasteiger partial charge in [0, 0.05) is 88.6 Å². The number of ether oxygens (including phenoxy) is 9. The third-order valence-electron chi connectivity index (χ3n) is 17.1. The number of nitrogens with one attached hydrogen (secondary N) is 2. The van der Waals surface area contributed by atoms with Gasteiger partial charge in [0.05, 0.1) is 89.6 Å². The molecule has 7 aromatic rings. The van der Waals surface area contributed by atoms with Crippen LogP contribution in [0, 0.1) is 13.8 Å². The summed E-state index contributed by atoms with van der Waals surface area (Å²) in [5.74, 6) is 1.50. The molecule has 3 N–H and O–H groups in total. The zero-order chi connectivity index (χ0) is 71.9. The molecule has 0 radical (unpaired) electrons. The number of fused-ring (bicyclic) bond motifs is 2. The third-order valence-corrected chi connectivity index (χ3v) is 22.3. The SMILES string of the molecule is C.COCC1OC([n+]2c[nH]c3c(C)nc[nH+]c32)CC1OP(C)(=O)OC.COCC1OC(n2cnc3c(C)ncnc32)CC1OP(C)(=O)OC.COP(C)(=O)OC1CC(C)OC1CO.COc1ccc(C(OCC2OC(C)CC2OP(C)(=O)OC)(c2ccccc2)c2ccc(OC)cc2)cc1.[H+].[H+]. The summed E-state index contributed by atoms with van der Waals surface area (Å²) >= 11 is 0. The Hall–Kier alpha value is -5.36. The highest BCUT2D eigenvalue weighted by molar-refractivity contribution is 7.53. The second-order valence-corrected chi connectivity index (χ2v) is 32.6. The predicted octanol–water partition coefficient (Wildman–Crippen LogP) is 10.6. The highest BCUT2D eigenvalue weighted by Gasteiger charge is 2.47. The molecular formula is C66H102N8O22P4+4. The lowest BCUT2D eigenvalue weighted by Gasteiger charge is -2.37. The molecule has 34 heteroatoms. The van der Waals surface area contributed by atoms with E-state index < -0.39 is 60.4 Å². The summed E-state index contributed by atoms with van der Waals surface area (Å²) in [5.41, 5.74) is 6.71. The van der Waals surface area contributed by atoms with Gasteiger partial charge in [-0.25, -0.2) is 24.9 Å². The minimum absolute atomic E-state index is 0. The van der Waals surface area contributed by atoms with Gasteiger partial charge in [0.2, 0.25) is 12.6 Å². The molecule has 554 valence electrons. The van der Waals surface area contributed by atoms with E-state index >= 15 is 0 Å². The standard InChI is InChI=1S/C29H35O7P.2C14H21N4O5P.C8H17O5P.CH4/c1-21-19-27(36-37(5,30)33-4)28(35-21)20-34-29(22-9-7-6-8-10-22,23-11-15-25(31-2)16-12-23)24-13-17-26(32-3)18-14-24;2*1-9-13-14(16-7-15-9)18(8-17-13)12-5-10(11(22-12)6-20-2)23-24(4,19)21-3;1-6-4-7(8(5-9)12-6)13-14(3,10)11-2;/h6-18,21,27-28H,19-20H2,1-5H3;2*7-8,10-12H,5-6H2,1-4H3;6-9H,4-5H2,1-3H3;1H4/p+4. The Morgan fingerprint density at radius 1 is 0.590 bits per heavy atom. The second kappa shape index (κ2) is 36.9. The van der Waals surface area contributed by atoms with Crippen molar-refractivity contribution in [1.29, 1.82) is 0 Å². The monoisotopic (exact) mass is 1480 g/mol. The molecule has 3 aromatic carbocycles. The lowest BCUT2D eigenvalue weighted by atomic mass is 9.80. The number of nitrogens with zero attached hydrogens (tertiary/aromatic N) is 6. The third kappa shape index (κ3) is 21.0. The van der Waals surface area contributed by atoms with Gasteiger partial charge in [-0.2, -0.15) is 4.98 Å². The van der Waals surface area contributed by atoms with Crippen LogP contribution in [-0.4, -0.2) is 206 Å². The Morgan fingerprint density at radius 2 is 1.06 bits per heavy atom. The summed E-state index contributed by atoms with van der Waals surface area (Å²) in [5, 5.41) is 8.99. The first-order chi connectivity index (χ1) is 47.2. The number of hydrogen-bond donors (Lipinski definition) is 2. The summed E-state index contributed by atoms with van der Waals surface area (Å²) < 4.78 is 146. The van der Waals surface area contributed by atoms with Crippen LogP contribution in [0.25, 0.3) is 22.3 Å². The zero-order valence-corrected chi connectivity index (χ0v) is 62.5. The van der Waals surface area contributed by atoms with Crippen LogP contribution in [0.2, 0.25) is 0 Å². The van der Waals surface area contributed by atoms with Crippen molar-refractivity contribution in [1.82, 2.24) is 29.5 Å². The highest BCUT2D eigenvalue weighted by atomic mass is 31.2. The summed E-state index contributed by atoms with van der Waals surface area (Å²) in [6, 6.07) is 25.8. The van der Waals surface area contributed by atoms with Crippen molar-refractivity contribution < 1.29 is 115 Å². The summed E-state index contributed by atoms with van der Waals surface area (Å²) in [7, 11) is -0.510. The van der Waals surface area contributed by atoms with Gasteiger partial charge in [-0.3, -0.25) is 22.8 Å². The van der Waals surface area contributed by atoms with Gasteiger partial charge in [0.15, 0.2) is 5.65 Å². The van der Waals surface area contributed by atoms with E-state index in [4.69, 9.17) is 83.9 Å². The van der Waals surface area contributed by atoms with Crippen LogP contribution in [0.5, 0.6) is 11.5 Å². The van der Waals surface area contributed by atoms with Crippen LogP contribution in [0.15, 0.2) is 104 Å². The van der Waals surface area contributed by atoms with Crippen molar-refractivity contribution in [2.24, 2.45) is 0 Å². The van der Waals surface area contributed by atoms with Gasteiger partial charge in [0.25, 0.3) is 5.52 Å². The van der Waals surface area contributed by atoms with Crippen molar-refractivity contribution in [3.63, 3.8) is 0 Å². The maximum atomic E-state index is 12.6. The van der Waals surface area contributed by atoms with Crippen molar-refractivity contribution >= 4 is 52.7 Å². The first kappa shape index (κ1) is 81.9. The molecule has 0 amide bonds. The highest BCUT2D eigenvalue weighted by Crippen LogP contribution is 2.51. The molecule has 0 aliphatic carbocycles. The number of aromatic amines is 2. The average molecular weight is 1480 g/mol. The van der Waals surface area contributed by atoms with E-state index in [1.807, 2.05) is 122 Å². The number of aromatic nitrogens is 8. The molecule has 4 aliphatic heterocycles. The van der Waals surface area contributed by atoms with Crippen molar-refractivity contribution in [2.45, 2.75) is 140 Å². The minimum Gasteiger partial charge on any atom is -0.497 e. The molecule has 0 spiro atoms. The number of H-pyrrole nitrogens is 2. The van der Waals surface area contributed by atoms with E-state index in [2.05, 4.69) is 29.9 Å². The van der Waals surface area contributed by atoms with E-state index in [-0.39, 0.29) is 72.6 Å². The molecule has 11 rings (SSSR count). The molecule has 16 unspecified atom stereocenters. The molecular weight excluding hydrogens is 1380 g/mol. The molecule has 4 aromatic heterocycles. The summed E-state index contributed by atoms with van der Waals surface area (Å²) in [4.78, 5) is 23.3. The van der Waals surface area contributed by atoms with E-state index in [0.717, 1.165) is 56.3 Å². The normalized spacial score (nSPS) is 25.9. The van der Waals surface area contributed by atoms with Gasteiger partial charge < -0.3 is 83.9 Å². The maximum Gasteiger partial charge on any atom is 1.00 e. The van der Waals surface area contributed by atoms with Crippen molar-refractivity contribution in [2.75, 3.05) is 110 Å². The maximum absolute atomic E-state index is 12.6. The van der Waals surface area contributed by atoms with E-state index in [0.29, 0.717) is 44.5 Å². The zero-order valence-electron chi connectivity index (χ0n) is 60.9. The Morgan fingerprint density at radius 3 is 1.56 bits per heavy atom. The molecule has 0 bridgehead atoms. The van der Waals surface area contributed by atoms with Crippen LogP contribution < -0.4 is 19.0 Å². The van der Waals surface area contributed by atoms with E-state index in [9.17, 15) is 18.3 Å². The lowest BCUT2D eigenvalue weighted by molar-refractivity contribution is -0.762. The first-order valence-electron chi connectivity index (χ1n) is 32.0. The van der Waals surface area contributed by atoms with Gasteiger partial charge in [-0.05, 0) is 68.7 Å². The van der Waals surface area contributed by atoms with Gasteiger partial charge in [-0.15, -0.1) is 4.57 Å². The molecule has 0 saturated carbocycles. The number of aliphatic hydroxyl groups is 1. The lowest BCUT2D eigenvalue weighted by Crippen LogP contribution is -2.41. The smallest absolute Gasteiger partial charge is 0.497 e. The van der Waals surface area contributed by atoms with E-state index in [1.165, 1.54) is 61.4 Å². The summed E-state index contributed by atoms with van der Waals surface area (Å²) in [6.07, 6.45) is 5.14. The fraction of sp³-hybridized carbons (Fsp3) is 0.576. The second-order valence-electron chi connectivity index (χ2n) is 24.1. The van der Waals surface area contributed by atoms with Gasteiger partial charge in [-0.1, -0.05) is 62.0 Å². The Balaban J connectivity index is 0.000000255. The number of hydrogen-bond acceptors (Lipinski definition) is 26. The predicted molar refractivity (Wildman–Crippen MR) is 372 cm³/mol. The van der Waals surface area contributed by atoms with Crippen LogP contribution >= 0.6 is 30.4 Å². The van der Waals surface area contributed by atoms with Crippen molar-refractivity contribution in [3.8, 4) is 11.5 Å². The Bertz CT molecular complexity index is 3720. The molecule has 4 fully saturated rings. The van der Waals surface area contributed by atoms with Crippen LogP contribution in [0.1, 0.15) is 90.3 Å². The molecule has 8 heterocycles. The fourth-order valence-electron chi connectivity index (χ4n) is 11.9. The molecule has 30 nitrogen and oxygen atoms in total. The topological polar surface area (TPSA) is 336 Å². The number of rotatable bonds is 27. The first-order valence-corrected chi connectivity index (χ1v) is 40.0. The van der Waals surface area contributed by atoms with Crippen LogP contribution in [0.3, 0.4) is 0 Å². The number of aryl methyl sites for hydroxylation is 2. The fourth-order valence-corrected chi connectivity index (χ4v) is 15.1. The van der Waals surface area contributed by atoms with Crippen molar-refractivity contribution in [3.05, 3.63) is 132 Å². The van der Waals surface area contributed by atoms with Gasteiger partial charge >= 0.3 is 45.2 Å². The Labute approximate surface area is 588 Å². The van der Waals surface area contributed by atoms with Crippen LogP contribution in [0.4, 0.5) is 0 Å². The average Bonchev–Trinajstić information content (AvgIpc) is 1.17. The largest absolute Gasteiger partial charge is 1.00 e. The molecule has 16 atom stereocenters. The number of methoxy groups -OCH3 is 4. The molecule has 4 saturated heterocycles. The van der Waals surface area contributed by atoms with Crippen LogP contribution in [-0.2, 0) is 93.2 Å². The Kier molecular flexibility index (Phi) is 30.2. The quantitative estimate of drug-likeness (QED) is 0.0274. The number of benzene rings is 3.